The highest BCUT2D eigenvalue weighted by Gasteiger charge is 2.36. The van der Waals surface area contributed by atoms with Crippen molar-refractivity contribution >= 4 is 7.82 Å². The molecule has 0 aliphatic rings. The second kappa shape index (κ2) is 18.2. The van der Waals surface area contributed by atoms with Crippen molar-refractivity contribution in [2.45, 2.75) is 119 Å². The van der Waals surface area contributed by atoms with Crippen molar-refractivity contribution in [2.24, 2.45) is 0 Å². The lowest BCUT2D eigenvalue weighted by Crippen LogP contribution is -2.28. The molecule has 0 aliphatic carbocycles. The molecule has 0 spiro atoms. The van der Waals surface area contributed by atoms with Crippen LogP contribution in [0.5, 0.6) is 0 Å². The summed E-state index contributed by atoms with van der Waals surface area (Å²) < 4.78 is 63.1. The molecule has 0 saturated carbocycles. The molecule has 194 valence electrons. The lowest BCUT2D eigenvalue weighted by molar-refractivity contribution is -0.240. The second-order valence-corrected chi connectivity index (χ2v) is 8.72. The number of hydrogen-bond acceptors (Lipinski definition) is 10. The van der Waals surface area contributed by atoms with Crippen LogP contribution in [0.4, 0.5) is 0 Å². The summed E-state index contributed by atoms with van der Waals surface area (Å²) in [5.74, 6) is 0. The zero-order chi connectivity index (χ0) is 24.6. The largest absolute Gasteiger partial charge is 0.481 e. The average molecular weight is 489 g/mol. The smallest absolute Gasteiger partial charge is 0.353 e. The van der Waals surface area contributed by atoms with E-state index in [0.29, 0.717) is 19.8 Å². The van der Waals surface area contributed by atoms with Gasteiger partial charge in [-0.25, -0.2) is 4.57 Å². The van der Waals surface area contributed by atoms with Crippen molar-refractivity contribution in [3.8, 4) is 0 Å². The van der Waals surface area contributed by atoms with E-state index in [9.17, 15) is 4.57 Å². The van der Waals surface area contributed by atoms with Gasteiger partial charge in [0.25, 0.3) is 0 Å². The summed E-state index contributed by atoms with van der Waals surface area (Å²) in [5.41, 5.74) is 0. The highest BCUT2D eigenvalue weighted by atomic mass is 31.2. The minimum Gasteiger partial charge on any atom is -0.353 e. The number of rotatable bonds is 21. The van der Waals surface area contributed by atoms with Crippen LogP contribution < -0.4 is 0 Å². The van der Waals surface area contributed by atoms with Crippen molar-refractivity contribution in [1.29, 1.82) is 0 Å². The van der Waals surface area contributed by atoms with Gasteiger partial charge in [0.15, 0.2) is 37.7 Å². The van der Waals surface area contributed by atoms with Crippen LogP contribution in [0.1, 0.15) is 81.6 Å². The molecule has 0 aromatic carbocycles. The van der Waals surface area contributed by atoms with Crippen LogP contribution >= 0.6 is 7.82 Å². The van der Waals surface area contributed by atoms with Gasteiger partial charge >= 0.3 is 7.82 Å². The zero-order valence-electron chi connectivity index (χ0n) is 21.2. The Morgan fingerprint density at radius 3 is 0.969 bits per heavy atom. The molecular formula is C21H45O10P. The maximum absolute atomic E-state index is 13.4. The Hall–Kier alpha value is -0.130. The Bertz CT molecular complexity index is 429. The molecular weight excluding hydrogens is 443 g/mol. The molecule has 6 atom stereocenters. The maximum atomic E-state index is 13.4. The first-order valence-electron chi connectivity index (χ1n) is 11.5. The Labute approximate surface area is 194 Å². The Balaban J connectivity index is 5.07. The number of ether oxygens (including phenoxy) is 6. The van der Waals surface area contributed by atoms with Gasteiger partial charge in [-0.1, -0.05) is 20.8 Å². The lowest BCUT2D eigenvalue weighted by atomic mass is 10.5. The van der Waals surface area contributed by atoms with Crippen LogP contribution in [-0.2, 0) is 46.6 Å². The first-order valence-corrected chi connectivity index (χ1v) is 13.0. The molecule has 0 fully saturated rings. The van der Waals surface area contributed by atoms with Crippen molar-refractivity contribution in [2.75, 3.05) is 19.8 Å². The van der Waals surface area contributed by atoms with Gasteiger partial charge in [-0.3, -0.25) is 13.6 Å². The maximum Gasteiger partial charge on any atom is 0.481 e. The van der Waals surface area contributed by atoms with Crippen molar-refractivity contribution in [1.82, 2.24) is 0 Å². The van der Waals surface area contributed by atoms with E-state index >= 15 is 0 Å². The molecule has 10 nitrogen and oxygen atoms in total. The predicted molar refractivity (Wildman–Crippen MR) is 120 cm³/mol. The number of hydrogen-bond donors (Lipinski definition) is 0. The lowest BCUT2D eigenvalue weighted by Gasteiger charge is -2.29. The van der Waals surface area contributed by atoms with Crippen molar-refractivity contribution < 1.29 is 46.6 Å². The fourth-order valence-corrected chi connectivity index (χ4v) is 3.86. The minimum atomic E-state index is -4.18. The van der Waals surface area contributed by atoms with E-state index in [1.54, 1.807) is 41.5 Å². The van der Waals surface area contributed by atoms with Gasteiger partial charge < -0.3 is 28.4 Å². The topological polar surface area (TPSA) is 100 Å². The van der Waals surface area contributed by atoms with E-state index in [4.69, 9.17) is 42.0 Å². The molecule has 32 heavy (non-hydrogen) atoms. The highest BCUT2D eigenvalue weighted by molar-refractivity contribution is 7.48. The van der Waals surface area contributed by atoms with Crippen LogP contribution in [0.25, 0.3) is 0 Å². The third kappa shape index (κ3) is 16.5. The molecule has 0 N–H and O–H groups in total. The fourth-order valence-electron chi connectivity index (χ4n) is 2.47. The molecule has 0 saturated heterocycles. The SMILES string of the molecule is CCCOC(C)OC(C)OP(=O)(OC(C)OC(C)OCCC)OC(C)OC(C)OCCC. The van der Waals surface area contributed by atoms with Gasteiger partial charge in [0.1, 0.15) is 0 Å². The molecule has 0 aliphatic heterocycles. The monoisotopic (exact) mass is 488 g/mol. The van der Waals surface area contributed by atoms with Crippen LogP contribution in [0, 0.1) is 0 Å². The van der Waals surface area contributed by atoms with Gasteiger partial charge in [0.05, 0.1) is 0 Å². The number of phosphoric acid groups is 1. The third-order valence-corrected chi connectivity index (χ3v) is 5.32. The summed E-state index contributed by atoms with van der Waals surface area (Å²) in [7, 11) is -4.18. The summed E-state index contributed by atoms with van der Waals surface area (Å²) >= 11 is 0. The standard InChI is InChI=1S/C21H45O10P/c1-10-13-23-16(4)26-19(7)29-32(22,30-20(8)27-17(5)24-14-11-2)31-21(9)28-18(6)25-15-12-3/h16-21H,10-15H2,1-9H3. The molecule has 0 amide bonds. The molecule has 0 radical (unpaired) electrons. The van der Waals surface area contributed by atoms with Crippen LogP contribution in [0.2, 0.25) is 0 Å². The Morgan fingerprint density at radius 2 is 0.750 bits per heavy atom. The van der Waals surface area contributed by atoms with E-state index in [0.717, 1.165) is 19.3 Å². The van der Waals surface area contributed by atoms with Crippen LogP contribution in [0.15, 0.2) is 0 Å². The highest BCUT2D eigenvalue weighted by Crippen LogP contribution is 2.53. The van der Waals surface area contributed by atoms with E-state index in [2.05, 4.69) is 0 Å². The second-order valence-electron chi connectivity index (χ2n) is 7.19. The molecule has 11 heteroatoms. The van der Waals surface area contributed by atoms with Gasteiger partial charge in [0.2, 0.25) is 0 Å². The molecule has 0 aromatic heterocycles. The first-order chi connectivity index (χ1) is 15.0. The normalized spacial score (nSPS) is 19.7. The fraction of sp³-hybridized carbons (Fsp3) is 1.00. The molecule has 0 rings (SSSR count). The summed E-state index contributed by atoms with van der Waals surface area (Å²) in [6.07, 6.45) is -2.02. The molecule has 6 unspecified atom stereocenters. The predicted octanol–water partition coefficient (Wildman–Crippen LogP) is 5.55. The van der Waals surface area contributed by atoms with Gasteiger partial charge in [-0.05, 0) is 60.8 Å². The summed E-state index contributed by atoms with van der Waals surface area (Å²) in [6.45, 7) is 17.4. The summed E-state index contributed by atoms with van der Waals surface area (Å²) in [6, 6.07) is 0. The quantitative estimate of drug-likeness (QED) is 0.151. The summed E-state index contributed by atoms with van der Waals surface area (Å²) in [4.78, 5) is 0. The molecule has 0 heterocycles. The Morgan fingerprint density at radius 1 is 0.500 bits per heavy atom. The van der Waals surface area contributed by atoms with E-state index in [-0.39, 0.29) is 0 Å². The zero-order valence-corrected chi connectivity index (χ0v) is 22.1. The summed E-state index contributed by atoms with van der Waals surface area (Å²) in [5, 5.41) is 0. The van der Waals surface area contributed by atoms with Crippen LogP contribution in [-0.4, -0.2) is 57.6 Å². The van der Waals surface area contributed by atoms with Crippen LogP contribution in [0.3, 0.4) is 0 Å². The van der Waals surface area contributed by atoms with E-state index in [1.165, 1.54) is 0 Å². The number of phosphoric ester groups is 1. The first kappa shape index (κ1) is 31.9. The van der Waals surface area contributed by atoms with Gasteiger partial charge in [0, 0.05) is 19.8 Å². The molecule has 0 bridgehead atoms. The molecule has 0 aromatic rings. The minimum absolute atomic E-state index is 0.527. The third-order valence-electron chi connectivity index (χ3n) is 3.65. The average Bonchev–Trinajstić information content (AvgIpc) is 2.67. The van der Waals surface area contributed by atoms with E-state index < -0.39 is 45.6 Å². The van der Waals surface area contributed by atoms with Crippen molar-refractivity contribution in [3.63, 3.8) is 0 Å². The van der Waals surface area contributed by atoms with E-state index in [1.807, 2.05) is 20.8 Å². The van der Waals surface area contributed by atoms with Gasteiger partial charge in [-0.2, -0.15) is 0 Å². The Kier molecular flexibility index (Phi) is 18.2. The van der Waals surface area contributed by atoms with Crippen molar-refractivity contribution in [3.05, 3.63) is 0 Å². The van der Waals surface area contributed by atoms with Gasteiger partial charge in [-0.15, -0.1) is 0 Å².